The van der Waals surface area contributed by atoms with E-state index >= 15 is 0 Å². The standard InChI is InChI=1S/C23H32BrN3O3/c1-13-8-15(28)9-14-10-23(30)20(2,3)22(11-21(23,25-4)12-27(13)14)16-6-5-7-17(24)18(16)26-19(22)29/h5-7,13-15,25,28,30H,8-12H2,1-4H3,(H,26,29)/t13-,14+,15+,21+,22+,23-/m1/s1. The Morgan fingerprint density at radius 3 is 2.73 bits per heavy atom. The van der Waals surface area contributed by atoms with E-state index < -0.39 is 22.0 Å². The summed E-state index contributed by atoms with van der Waals surface area (Å²) < 4.78 is 0.871. The second-order valence-electron chi connectivity index (χ2n) is 10.5. The summed E-state index contributed by atoms with van der Waals surface area (Å²) in [4.78, 5) is 16.1. The van der Waals surface area contributed by atoms with E-state index in [0.29, 0.717) is 25.8 Å². The lowest BCUT2D eigenvalue weighted by Gasteiger charge is -2.60. The molecule has 6 nitrogen and oxygen atoms in total. The van der Waals surface area contributed by atoms with Crippen molar-refractivity contribution in [3.05, 3.63) is 28.2 Å². The molecule has 1 aromatic rings. The van der Waals surface area contributed by atoms with Gasteiger partial charge in [0.25, 0.3) is 0 Å². The molecular formula is C23H32BrN3O3. The molecule has 3 heterocycles. The molecule has 30 heavy (non-hydrogen) atoms. The molecule has 2 saturated heterocycles. The Morgan fingerprint density at radius 2 is 2.03 bits per heavy atom. The normalized spacial score (nSPS) is 44.5. The fraction of sp³-hybridized carbons (Fsp3) is 0.696. The van der Waals surface area contributed by atoms with Gasteiger partial charge in [-0.2, -0.15) is 0 Å². The number of carbonyl (C=O) groups is 1. The lowest BCUT2D eigenvalue weighted by Crippen LogP contribution is -2.75. The topological polar surface area (TPSA) is 84.8 Å². The van der Waals surface area contributed by atoms with Gasteiger partial charge in [-0.25, -0.2) is 0 Å². The first-order valence-electron chi connectivity index (χ1n) is 11.0. The average molecular weight is 478 g/mol. The number of aliphatic hydroxyl groups is 2. The summed E-state index contributed by atoms with van der Waals surface area (Å²) in [6.45, 7) is 6.94. The van der Waals surface area contributed by atoms with Crippen molar-refractivity contribution in [3.8, 4) is 0 Å². The van der Waals surface area contributed by atoms with Crippen LogP contribution in [-0.2, 0) is 10.2 Å². The van der Waals surface area contributed by atoms with Gasteiger partial charge in [-0.05, 0) is 67.2 Å². The van der Waals surface area contributed by atoms with Crippen molar-refractivity contribution in [3.63, 3.8) is 0 Å². The molecule has 3 aliphatic heterocycles. The number of aliphatic hydroxyl groups excluding tert-OH is 1. The quantitative estimate of drug-likeness (QED) is 0.498. The molecule has 4 aliphatic rings. The van der Waals surface area contributed by atoms with Crippen LogP contribution in [0.15, 0.2) is 22.7 Å². The molecule has 4 N–H and O–H groups in total. The second-order valence-corrected chi connectivity index (χ2v) is 11.4. The summed E-state index contributed by atoms with van der Waals surface area (Å²) in [6.07, 6.45) is 2.16. The van der Waals surface area contributed by atoms with Gasteiger partial charge in [-0.1, -0.05) is 26.0 Å². The Kier molecular flexibility index (Phi) is 4.38. The fourth-order valence-corrected chi connectivity index (χ4v) is 7.97. The third kappa shape index (κ3) is 2.21. The third-order valence-electron chi connectivity index (χ3n) is 9.21. The van der Waals surface area contributed by atoms with Crippen LogP contribution >= 0.6 is 15.9 Å². The van der Waals surface area contributed by atoms with Crippen molar-refractivity contribution >= 4 is 27.5 Å². The number of hydrogen-bond donors (Lipinski definition) is 4. The molecule has 3 fully saturated rings. The summed E-state index contributed by atoms with van der Waals surface area (Å²) in [5.74, 6) is -0.0297. The number of fused-ring (bicyclic) bond motifs is 4. The lowest BCUT2D eigenvalue weighted by molar-refractivity contribution is -0.177. The van der Waals surface area contributed by atoms with E-state index in [9.17, 15) is 15.0 Å². The van der Waals surface area contributed by atoms with Gasteiger partial charge in [0.2, 0.25) is 5.91 Å². The number of nitrogens with zero attached hydrogens (tertiary/aromatic N) is 1. The Labute approximate surface area is 186 Å². The van der Waals surface area contributed by atoms with Crippen molar-refractivity contribution in [2.75, 3.05) is 18.9 Å². The van der Waals surface area contributed by atoms with Gasteiger partial charge < -0.3 is 20.8 Å². The monoisotopic (exact) mass is 477 g/mol. The van der Waals surface area contributed by atoms with Gasteiger partial charge in [0.15, 0.2) is 0 Å². The number of amides is 1. The minimum absolute atomic E-state index is 0.0297. The molecule has 0 bridgehead atoms. The van der Waals surface area contributed by atoms with Crippen molar-refractivity contribution < 1.29 is 15.0 Å². The summed E-state index contributed by atoms with van der Waals surface area (Å²) in [5.41, 5.74) is -1.48. The Hall–Kier alpha value is -0.990. The first-order valence-corrected chi connectivity index (χ1v) is 11.8. The molecule has 0 unspecified atom stereocenters. The van der Waals surface area contributed by atoms with Gasteiger partial charge in [0.1, 0.15) is 0 Å². The average Bonchev–Trinajstić information content (AvgIpc) is 3.04. The highest BCUT2D eigenvalue weighted by molar-refractivity contribution is 9.10. The third-order valence-corrected chi connectivity index (χ3v) is 9.87. The molecule has 164 valence electrons. The molecule has 1 aliphatic carbocycles. The number of benzene rings is 1. The van der Waals surface area contributed by atoms with E-state index in [1.54, 1.807) is 0 Å². The van der Waals surface area contributed by atoms with Crippen LogP contribution in [0.2, 0.25) is 0 Å². The van der Waals surface area contributed by atoms with Gasteiger partial charge in [0.05, 0.1) is 28.3 Å². The lowest BCUT2D eigenvalue weighted by atomic mass is 9.57. The number of carbonyl (C=O) groups excluding carboxylic acids is 1. The summed E-state index contributed by atoms with van der Waals surface area (Å²) >= 11 is 3.60. The number of likely N-dealkylation sites (N-methyl/N-ethyl adjacent to an activating group) is 1. The molecule has 1 amide bonds. The fourth-order valence-electron chi connectivity index (χ4n) is 7.50. The number of rotatable bonds is 1. The predicted octanol–water partition coefficient (Wildman–Crippen LogP) is 2.38. The van der Waals surface area contributed by atoms with Gasteiger partial charge >= 0.3 is 0 Å². The molecule has 1 saturated carbocycles. The number of halogens is 1. The zero-order chi connectivity index (χ0) is 21.7. The van der Waals surface area contributed by atoms with E-state index in [0.717, 1.165) is 22.1 Å². The Bertz CT molecular complexity index is 923. The van der Waals surface area contributed by atoms with E-state index in [1.165, 1.54) is 0 Å². The molecular weight excluding hydrogens is 446 g/mol. The molecule has 1 aromatic carbocycles. The van der Waals surface area contributed by atoms with Gasteiger partial charge in [-0.15, -0.1) is 0 Å². The summed E-state index contributed by atoms with van der Waals surface area (Å²) in [7, 11) is 1.92. The molecule has 5 rings (SSSR count). The SMILES string of the molecule is CN[C@@]12CN3[C@@H](C[C@@H](O)C[C@H]3C)C[C@@]1(O)C(C)(C)[C@]1(C2)C(=O)Nc2c(Br)cccc21. The zero-order valence-electron chi connectivity index (χ0n) is 18.1. The van der Waals surface area contributed by atoms with Crippen LogP contribution in [0, 0.1) is 5.41 Å². The number of nitrogens with one attached hydrogen (secondary N) is 2. The van der Waals surface area contributed by atoms with Crippen LogP contribution in [0.3, 0.4) is 0 Å². The first kappa shape index (κ1) is 20.9. The first-order chi connectivity index (χ1) is 14.0. The van der Waals surface area contributed by atoms with Crippen molar-refractivity contribution in [1.82, 2.24) is 10.2 Å². The largest absolute Gasteiger partial charge is 0.393 e. The van der Waals surface area contributed by atoms with E-state index in [-0.39, 0.29) is 24.1 Å². The van der Waals surface area contributed by atoms with Crippen molar-refractivity contribution in [2.24, 2.45) is 5.41 Å². The second kappa shape index (κ2) is 6.29. The maximum Gasteiger partial charge on any atom is 0.235 e. The van der Waals surface area contributed by atoms with E-state index in [1.807, 2.05) is 25.2 Å². The minimum atomic E-state index is -1.10. The highest BCUT2D eigenvalue weighted by Crippen LogP contribution is 2.69. The van der Waals surface area contributed by atoms with Crippen LogP contribution in [0.1, 0.15) is 52.0 Å². The Morgan fingerprint density at radius 1 is 1.30 bits per heavy atom. The number of para-hydroxylation sites is 1. The minimum Gasteiger partial charge on any atom is -0.393 e. The van der Waals surface area contributed by atoms with Crippen LogP contribution < -0.4 is 10.6 Å². The van der Waals surface area contributed by atoms with Crippen molar-refractivity contribution in [1.29, 1.82) is 0 Å². The highest BCUT2D eigenvalue weighted by Gasteiger charge is 2.79. The predicted molar refractivity (Wildman–Crippen MR) is 119 cm³/mol. The number of hydrogen-bond acceptors (Lipinski definition) is 5. The van der Waals surface area contributed by atoms with E-state index in [2.05, 4.69) is 52.2 Å². The van der Waals surface area contributed by atoms with Crippen molar-refractivity contribution in [2.45, 2.75) is 81.2 Å². The molecule has 0 aromatic heterocycles. The van der Waals surface area contributed by atoms with Crippen LogP contribution in [-0.4, -0.2) is 63.9 Å². The van der Waals surface area contributed by atoms with Crippen LogP contribution in [0.25, 0.3) is 0 Å². The Balaban J connectivity index is 1.70. The summed E-state index contributed by atoms with van der Waals surface area (Å²) in [5, 5.41) is 29.5. The molecule has 1 spiro atoms. The molecule has 6 atom stereocenters. The van der Waals surface area contributed by atoms with Gasteiger partial charge in [0, 0.05) is 28.5 Å². The van der Waals surface area contributed by atoms with E-state index in [4.69, 9.17) is 0 Å². The van der Waals surface area contributed by atoms with Gasteiger partial charge in [-0.3, -0.25) is 9.69 Å². The van der Waals surface area contributed by atoms with Crippen LogP contribution in [0.4, 0.5) is 5.69 Å². The maximum absolute atomic E-state index is 13.7. The zero-order valence-corrected chi connectivity index (χ0v) is 19.7. The summed E-state index contributed by atoms with van der Waals surface area (Å²) in [6, 6.07) is 6.30. The molecule has 7 heteroatoms. The number of piperidine rings is 2. The number of anilines is 1. The smallest absolute Gasteiger partial charge is 0.235 e. The molecule has 0 radical (unpaired) electrons. The highest BCUT2D eigenvalue weighted by atomic mass is 79.9. The maximum atomic E-state index is 13.7. The van der Waals surface area contributed by atoms with Crippen LogP contribution in [0.5, 0.6) is 0 Å².